The normalized spacial score (nSPS) is 16.3. The topological polar surface area (TPSA) is 130 Å². The van der Waals surface area contributed by atoms with Crippen molar-refractivity contribution in [2.75, 3.05) is 29.6 Å². The minimum atomic E-state index is -3.43. The molecule has 0 aliphatic carbocycles. The summed E-state index contributed by atoms with van der Waals surface area (Å²) >= 11 is 1.23. The summed E-state index contributed by atoms with van der Waals surface area (Å²) in [6.07, 6.45) is 0. The number of methoxy groups -OCH3 is 1. The number of aromatic amines is 1. The van der Waals surface area contributed by atoms with Crippen LogP contribution < -0.4 is 15.0 Å². The molecule has 1 amide bonds. The molecule has 0 spiro atoms. The van der Waals surface area contributed by atoms with Crippen molar-refractivity contribution in [3.05, 3.63) is 48.0 Å². The summed E-state index contributed by atoms with van der Waals surface area (Å²) < 4.78 is 32.7. The van der Waals surface area contributed by atoms with Crippen LogP contribution in [0.4, 0.5) is 11.6 Å². The molecule has 0 bridgehead atoms. The summed E-state index contributed by atoms with van der Waals surface area (Å²) in [5.74, 6) is 0.820. The number of hydrogen-bond donors (Lipinski definition) is 2. The fourth-order valence-corrected chi connectivity index (χ4v) is 5.62. The number of hydrogen-bond acceptors (Lipinski definition) is 8. The Labute approximate surface area is 181 Å². The Hall–Kier alpha value is -3.38. The molecule has 2 aliphatic heterocycles. The highest BCUT2D eigenvalue weighted by Gasteiger charge is 2.33. The Morgan fingerprint density at radius 1 is 1.26 bits per heavy atom. The number of thioether (sulfide) groups is 1. The van der Waals surface area contributed by atoms with E-state index in [4.69, 9.17) is 4.74 Å². The highest BCUT2D eigenvalue weighted by molar-refractivity contribution is 8.15. The molecule has 2 aromatic carbocycles. The molecule has 5 rings (SSSR count). The second-order valence-electron chi connectivity index (χ2n) is 6.76. The van der Waals surface area contributed by atoms with Crippen LogP contribution >= 0.6 is 11.8 Å². The van der Waals surface area contributed by atoms with E-state index in [2.05, 4.69) is 24.9 Å². The molecule has 1 aromatic heterocycles. The number of fused-ring (bicyclic) bond motifs is 3. The lowest BCUT2D eigenvalue weighted by atomic mass is 10.2. The molecule has 3 heterocycles. The lowest BCUT2D eigenvalue weighted by molar-refractivity contribution is 0.102. The number of aromatic nitrogens is 3. The zero-order valence-electron chi connectivity index (χ0n) is 16.2. The van der Waals surface area contributed by atoms with Crippen molar-refractivity contribution in [3.8, 4) is 17.1 Å². The smallest absolute Gasteiger partial charge is 0.258 e. The van der Waals surface area contributed by atoms with Crippen LogP contribution in [0.25, 0.3) is 11.4 Å². The van der Waals surface area contributed by atoms with Gasteiger partial charge in [0.15, 0.2) is 11.0 Å². The minimum Gasteiger partial charge on any atom is -0.496 e. The molecule has 0 saturated heterocycles. The van der Waals surface area contributed by atoms with Gasteiger partial charge in [-0.2, -0.15) is 4.98 Å². The molecule has 31 heavy (non-hydrogen) atoms. The number of amidine groups is 1. The number of anilines is 2. The van der Waals surface area contributed by atoms with Gasteiger partial charge in [-0.05, 0) is 42.1 Å². The van der Waals surface area contributed by atoms with Gasteiger partial charge >= 0.3 is 0 Å². The summed E-state index contributed by atoms with van der Waals surface area (Å²) in [6.45, 7) is 0.343. The SMILES string of the molecule is COc1ccccc1-c1nc(NC(=O)c2ccc3c(c2)SC2=NS(=O)(=O)CCN23)n[nH]1. The summed E-state index contributed by atoms with van der Waals surface area (Å²) in [7, 11) is -1.86. The van der Waals surface area contributed by atoms with Gasteiger partial charge < -0.3 is 9.64 Å². The van der Waals surface area contributed by atoms with E-state index in [-0.39, 0.29) is 17.6 Å². The van der Waals surface area contributed by atoms with Crippen molar-refractivity contribution in [2.24, 2.45) is 4.40 Å². The summed E-state index contributed by atoms with van der Waals surface area (Å²) in [5, 5.41) is 9.94. The number of nitrogens with one attached hydrogen (secondary N) is 2. The second kappa shape index (κ2) is 7.39. The fourth-order valence-electron chi connectivity index (χ4n) is 3.32. The van der Waals surface area contributed by atoms with Crippen LogP contribution in [-0.4, -0.2) is 54.1 Å². The van der Waals surface area contributed by atoms with E-state index in [9.17, 15) is 13.2 Å². The van der Waals surface area contributed by atoms with Crippen LogP contribution in [-0.2, 0) is 10.0 Å². The van der Waals surface area contributed by atoms with Crippen LogP contribution in [0.5, 0.6) is 5.75 Å². The number of nitrogens with zero attached hydrogens (tertiary/aromatic N) is 4. The Kier molecular flexibility index (Phi) is 4.67. The number of amides is 1. The van der Waals surface area contributed by atoms with Gasteiger partial charge in [0.2, 0.25) is 5.95 Å². The quantitative estimate of drug-likeness (QED) is 0.612. The van der Waals surface area contributed by atoms with Crippen molar-refractivity contribution >= 4 is 44.5 Å². The number of H-pyrrole nitrogens is 1. The number of benzene rings is 2. The number of rotatable bonds is 4. The number of carbonyl (C=O) groups is 1. The molecule has 0 saturated carbocycles. The summed E-state index contributed by atoms with van der Waals surface area (Å²) in [6, 6.07) is 12.5. The highest BCUT2D eigenvalue weighted by Crippen LogP contribution is 2.42. The van der Waals surface area contributed by atoms with Gasteiger partial charge in [0.25, 0.3) is 15.9 Å². The van der Waals surface area contributed by atoms with Crippen LogP contribution in [0.3, 0.4) is 0 Å². The van der Waals surface area contributed by atoms with E-state index in [0.717, 1.165) is 16.1 Å². The Morgan fingerprint density at radius 2 is 2.10 bits per heavy atom. The number of ether oxygens (including phenoxy) is 1. The van der Waals surface area contributed by atoms with Gasteiger partial charge in [-0.25, -0.2) is 8.42 Å². The maximum absolute atomic E-state index is 12.7. The van der Waals surface area contributed by atoms with E-state index in [1.54, 1.807) is 25.3 Å². The third-order valence-electron chi connectivity index (χ3n) is 4.81. The Morgan fingerprint density at radius 3 is 2.94 bits per heavy atom. The van der Waals surface area contributed by atoms with E-state index in [0.29, 0.717) is 28.8 Å². The predicted octanol–water partition coefficient (Wildman–Crippen LogP) is 2.34. The van der Waals surface area contributed by atoms with Gasteiger partial charge in [-0.15, -0.1) is 9.50 Å². The van der Waals surface area contributed by atoms with Gasteiger partial charge in [-0.1, -0.05) is 12.1 Å². The van der Waals surface area contributed by atoms with Crippen molar-refractivity contribution < 1.29 is 17.9 Å². The monoisotopic (exact) mass is 456 g/mol. The van der Waals surface area contributed by atoms with Crippen LogP contribution in [0.15, 0.2) is 51.8 Å². The molecule has 0 atom stereocenters. The molecular weight excluding hydrogens is 440 g/mol. The highest BCUT2D eigenvalue weighted by atomic mass is 32.2. The van der Waals surface area contributed by atoms with E-state index in [1.807, 2.05) is 29.2 Å². The molecule has 3 aromatic rings. The Balaban J connectivity index is 1.36. The van der Waals surface area contributed by atoms with Crippen molar-refractivity contribution in [3.63, 3.8) is 0 Å². The molecular formula is C19H16N6O4S2. The minimum absolute atomic E-state index is 0.0297. The first kappa shape index (κ1) is 19.6. The van der Waals surface area contributed by atoms with Crippen LogP contribution in [0.1, 0.15) is 10.4 Å². The number of sulfonamides is 1. The summed E-state index contributed by atoms with van der Waals surface area (Å²) in [5.41, 5.74) is 1.96. The molecule has 12 heteroatoms. The van der Waals surface area contributed by atoms with Crippen molar-refractivity contribution in [1.82, 2.24) is 15.2 Å². The average Bonchev–Trinajstić information content (AvgIpc) is 3.36. The average molecular weight is 457 g/mol. The van der Waals surface area contributed by atoms with Gasteiger partial charge in [0.1, 0.15) is 5.75 Å². The third-order valence-corrected chi connectivity index (χ3v) is 7.11. The number of carbonyl (C=O) groups excluding carboxylic acids is 1. The third kappa shape index (κ3) is 3.64. The second-order valence-corrected chi connectivity index (χ2v) is 9.52. The molecule has 2 N–H and O–H groups in total. The van der Waals surface area contributed by atoms with Gasteiger partial charge in [0.05, 0.1) is 24.1 Å². The largest absolute Gasteiger partial charge is 0.496 e. The van der Waals surface area contributed by atoms with Crippen molar-refractivity contribution in [1.29, 1.82) is 0 Å². The molecule has 0 radical (unpaired) electrons. The molecule has 10 nitrogen and oxygen atoms in total. The standard InChI is InChI=1S/C19H16N6O4S2/c1-29-14-5-3-2-4-12(14)16-20-18(23-22-16)21-17(26)11-6-7-13-15(10-11)30-19-24-31(27,28)9-8-25(13)19/h2-7,10H,8-9H2,1H3,(H2,20,21,22,23,26). The van der Waals surface area contributed by atoms with E-state index in [1.165, 1.54) is 11.8 Å². The zero-order valence-corrected chi connectivity index (χ0v) is 17.8. The lowest BCUT2D eigenvalue weighted by Gasteiger charge is -2.22. The van der Waals surface area contributed by atoms with E-state index < -0.39 is 10.0 Å². The van der Waals surface area contributed by atoms with Gasteiger partial charge in [-0.3, -0.25) is 15.2 Å². The molecule has 0 fully saturated rings. The van der Waals surface area contributed by atoms with Gasteiger partial charge in [0, 0.05) is 17.0 Å². The first-order valence-electron chi connectivity index (χ1n) is 9.23. The fraction of sp³-hybridized carbons (Fsp3) is 0.158. The maximum atomic E-state index is 12.7. The van der Waals surface area contributed by atoms with Crippen LogP contribution in [0, 0.1) is 0 Å². The van der Waals surface area contributed by atoms with Crippen LogP contribution in [0.2, 0.25) is 0 Å². The molecule has 158 valence electrons. The zero-order chi connectivity index (χ0) is 21.6. The number of para-hydroxylation sites is 1. The van der Waals surface area contributed by atoms with E-state index >= 15 is 0 Å². The maximum Gasteiger partial charge on any atom is 0.258 e. The van der Waals surface area contributed by atoms with Crippen molar-refractivity contribution in [2.45, 2.75) is 4.90 Å². The lowest BCUT2D eigenvalue weighted by Crippen LogP contribution is -2.35. The molecule has 0 unspecified atom stereocenters. The Bertz CT molecular complexity index is 1330. The summed E-state index contributed by atoms with van der Waals surface area (Å²) in [4.78, 5) is 19.7. The predicted molar refractivity (Wildman–Crippen MR) is 117 cm³/mol. The molecule has 2 aliphatic rings. The first-order valence-corrected chi connectivity index (χ1v) is 11.7. The first-order chi connectivity index (χ1) is 14.9.